The Bertz CT molecular complexity index is 825. The normalized spacial score (nSPS) is 29.5. The molecule has 1 saturated heterocycles. The first-order chi connectivity index (χ1) is 12.1. The van der Waals surface area contributed by atoms with Gasteiger partial charge in [-0.15, -0.1) is 6.42 Å². The first-order valence-electron chi connectivity index (χ1n) is 8.06. The van der Waals surface area contributed by atoms with Gasteiger partial charge in [0.2, 0.25) is 0 Å². The average molecular weight is 399 g/mol. The Morgan fingerprint density at radius 3 is 2.60 bits per heavy atom. The Balaban J connectivity index is 1.59. The number of halogens is 1. The molecule has 4 rings (SSSR count). The van der Waals surface area contributed by atoms with Gasteiger partial charge in [-0.1, -0.05) is 34.0 Å². The van der Waals surface area contributed by atoms with E-state index in [2.05, 4.69) is 39.1 Å². The van der Waals surface area contributed by atoms with Gasteiger partial charge in [-0.05, 0) is 36.5 Å². The number of hydrogen-bond donors (Lipinski definition) is 0. The zero-order valence-corrected chi connectivity index (χ0v) is 14.8. The molecular weight excluding hydrogens is 384 g/mol. The number of allylic oxidation sites excluding steroid dienone is 2. The second-order valence-electron chi connectivity index (χ2n) is 6.41. The van der Waals surface area contributed by atoms with E-state index in [9.17, 15) is 9.59 Å². The number of imide groups is 1. The molecule has 1 aliphatic heterocycles. The summed E-state index contributed by atoms with van der Waals surface area (Å²) >= 11 is 3.39. The minimum atomic E-state index is -0.251. The summed E-state index contributed by atoms with van der Waals surface area (Å²) in [5.74, 6) is 2.39. The van der Waals surface area contributed by atoms with Crippen LogP contribution in [0.4, 0.5) is 0 Å². The van der Waals surface area contributed by atoms with Crippen molar-refractivity contribution in [3.8, 4) is 18.1 Å². The molecule has 2 fully saturated rings. The smallest absolute Gasteiger partial charge is 0.254 e. The molecule has 6 heteroatoms. The summed E-state index contributed by atoms with van der Waals surface area (Å²) in [7, 11) is 0. The number of rotatable bonds is 4. The molecule has 0 N–H and O–H groups in total. The van der Waals surface area contributed by atoms with Gasteiger partial charge >= 0.3 is 0 Å². The Labute approximate surface area is 153 Å². The Morgan fingerprint density at radius 1 is 1.28 bits per heavy atom. The molecule has 5 nitrogen and oxygen atoms in total. The van der Waals surface area contributed by atoms with E-state index in [0.29, 0.717) is 11.3 Å². The molecule has 1 aromatic carbocycles. The number of terminal acetylenes is 1. The zero-order chi connectivity index (χ0) is 17.6. The highest BCUT2D eigenvalue weighted by atomic mass is 79.9. The third kappa shape index (κ3) is 2.59. The highest BCUT2D eigenvalue weighted by Crippen LogP contribution is 2.52. The van der Waals surface area contributed by atoms with Gasteiger partial charge in [0.25, 0.3) is 11.8 Å². The molecule has 2 aliphatic carbocycles. The number of carbonyl (C=O) groups is 2. The van der Waals surface area contributed by atoms with Gasteiger partial charge in [-0.3, -0.25) is 9.59 Å². The van der Waals surface area contributed by atoms with Gasteiger partial charge in [0.1, 0.15) is 12.4 Å². The molecule has 1 heterocycles. The SMILES string of the molecule is C#CCOc1ccc(Br)cc1C=NN1C(=O)[C@@H]2[C@H](C1=O)[C@H]1C=C[C@H]2C1. The monoisotopic (exact) mass is 398 g/mol. The number of amides is 2. The molecule has 3 aliphatic rings. The van der Waals surface area contributed by atoms with E-state index in [1.807, 2.05) is 6.07 Å². The number of fused-ring (bicyclic) bond motifs is 5. The van der Waals surface area contributed by atoms with E-state index < -0.39 is 0 Å². The van der Waals surface area contributed by atoms with Gasteiger partial charge < -0.3 is 4.74 Å². The number of nitrogens with zero attached hydrogens (tertiary/aromatic N) is 2. The highest BCUT2D eigenvalue weighted by Gasteiger charge is 2.59. The maximum atomic E-state index is 12.6. The molecule has 2 bridgehead atoms. The standard InChI is InChI=1S/C19H15BrN2O3/c1-2-7-25-15-6-5-14(20)9-13(15)10-21-22-18(23)16-11-3-4-12(8-11)17(16)19(22)24/h1,3-6,9-12,16-17H,7-8H2/t11-,12-,16-,17+/m0/s1. The summed E-state index contributed by atoms with van der Waals surface area (Å²) in [6, 6.07) is 5.38. The van der Waals surface area contributed by atoms with Crippen LogP contribution < -0.4 is 4.74 Å². The molecule has 0 unspecified atom stereocenters. The van der Waals surface area contributed by atoms with Crippen LogP contribution in [0.15, 0.2) is 39.9 Å². The van der Waals surface area contributed by atoms with Crippen molar-refractivity contribution in [3.63, 3.8) is 0 Å². The third-order valence-electron chi connectivity index (χ3n) is 5.04. The van der Waals surface area contributed by atoms with Crippen molar-refractivity contribution in [2.24, 2.45) is 28.8 Å². The van der Waals surface area contributed by atoms with Crippen LogP contribution in [0.3, 0.4) is 0 Å². The molecule has 0 aromatic heterocycles. The number of benzene rings is 1. The van der Waals surface area contributed by atoms with Crippen molar-refractivity contribution in [1.82, 2.24) is 5.01 Å². The second kappa shape index (κ2) is 6.16. The van der Waals surface area contributed by atoms with Crippen molar-refractivity contribution >= 4 is 34.0 Å². The summed E-state index contributed by atoms with van der Waals surface area (Å²) in [4.78, 5) is 25.2. The second-order valence-corrected chi connectivity index (χ2v) is 7.32. The van der Waals surface area contributed by atoms with E-state index >= 15 is 0 Å². The van der Waals surface area contributed by atoms with Crippen LogP contribution in [0.5, 0.6) is 5.75 Å². The van der Waals surface area contributed by atoms with Gasteiger partial charge in [0.15, 0.2) is 0 Å². The lowest BCUT2D eigenvalue weighted by Gasteiger charge is -2.13. The lowest BCUT2D eigenvalue weighted by molar-refractivity contribution is -0.140. The topological polar surface area (TPSA) is 59.0 Å². The number of hydrogen-bond acceptors (Lipinski definition) is 4. The first kappa shape index (κ1) is 16.1. The molecule has 1 aromatic rings. The molecule has 0 spiro atoms. The van der Waals surface area contributed by atoms with Crippen LogP contribution in [0.1, 0.15) is 12.0 Å². The fraction of sp³-hybridized carbons (Fsp3) is 0.316. The van der Waals surface area contributed by atoms with Crippen molar-refractivity contribution in [3.05, 3.63) is 40.4 Å². The van der Waals surface area contributed by atoms with Crippen LogP contribution in [-0.4, -0.2) is 29.6 Å². The van der Waals surface area contributed by atoms with Crippen LogP contribution in [0, 0.1) is 36.0 Å². The van der Waals surface area contributed by atoms with Gasteiger partial charge in [-0.2, -0.15) is 10.1 Å². The number of ether oxygens (including phenoxy) is 1. The maximum Gasteiger partial charge on any atom is 0.254 e. The number of hydrazone groups is 1. The van der Waals surface area contributed by atoms with Crippen LogP contribution >= 0.6 is 15.9 Å². The third-order valence-corrected chi connectivity index (χ3v) is 5.54. The van der Waals surface area contributed by atoms with Crippen molar-refractivity contribution in [1.29, 1.82) is 0 Å². The molecule has 2 amide bonds. The van der Waals surface area contributed by atoms with Gasteiger partial charge in [0.05, 0.1) is 18.1 Å². The van der Waals surface area contributed by atoms with E-state index in [1.165, 1.54) is 6.21 Å². The molecular formula is C19H15BrN2O3. The molecule has 0 radical (unpaired) electrons. The van der Waals surface area contributed by atoms with E-state index in [4.69, 9.17) is 11.2 Å². The maximum absolute atomic E-state index is 12.6. The van der Waals surface area contributed by atoms with Crippen molar-refractivity contribution in [2.45, 2.75) is 6.42 Å². The Morgan fingerprint density at radius 2 is 1.96 bits per heavy atom. The molecule has 1 saturated carbocycles. The predicted octanol–water partition coefficient (Wildman–Crippen LogP) is 2.60. The fourth-order valence-electron chi connectivity index (χ4n) is 3.99. The van der Waals surface area contributed by atoms with Crippen molar-refractivity contribution in [2.75, 3.05) is 6.61 Å². The Kier molecular flexibility index (Phi) is 3.97. The van der Waals surface area contributed by atoms with Crippen LogP contribution in [0.2, 0.25) is 0 Å². The largest absolute Gasteiger partial charge is 0.480 e. The molecule has 126 valence electrons. The van der Waals surface area contributed by atoms with Gasteiger partial charge in [-0.25, -0.2) is 0 Å². The summed E-state index contributed by atoms with van der Waals surface area (Å²) in [6.07, 6.45) is 11.7. The summed E-state index contributed by atoms with van der Waals surface area (Å²) in [5, 5.41) is 5.19. The lowest BCUT2D eigenvalue weighted by Crippen LogP contribution is -2.28. The van der Waals surface area contributed by atoms with Crippen LogP contribution in [0.25, 0.3) is 0 Å². The minimum absolute atomic E-state index is 0.128. The summed E-state index contributed by atoms with van der Waals surface area (Å²) < 4.78 is 6.32. The first-order valence-corrected chi connectivity index (χ1v) is 8.85. The fourth-order valence-corrected chi connectivity index (χ4v) is 4.37. The average Bonchev–Trinajstić information content (AvgIpc) is 3.27. The summed E-state index contributed by atoms with van der Waals surface area (Å²) in [5.41, 5.74) is 0.642. The quantitative estimate of drug-likeness (QED) is 0.339. The number of carbonyl (C=O) groups excluding carboxylic acids is 2. The van der Waals surface area contributed by atoms with E-state index in [0.717, 1.165) is 15.9 Å². The van der Waals surface area contributed by atoms with E-state index in [-0.39, 0.29) is 42.1 Å². The Hall–Kier alpha value is -2.39. The van der Waals surface area contributed by atoms with Gasteiger partial charge in [0, 0.05) is 10.0 Å². The van der Waals surface area contributed by atoms with Crippen LogP contribution in [-0.2, 0) is 9.59 Å². The molecule has 4 atom stereocenters. The van der Waals surface area contributed by atoms with Crippen molar-refractivity contribution < 1.29 is 14.3 Å². The molecule has 25 heavy (non-hydrogen) atoms. The predicted molar refractivity (Wildman–Crippen MR) is 95.6 cm³/mol. The van der Waals surface area contributed by atoms with E-state index in [1.54, 1.807) is 12.1 Å². The highest BCUT2D eigenvalue weighted by molar-refractivity contribution is 9.10. The minimum Gasteiger partial charge on any atom is -0.480 e. The lowest BCUT2D eigenvalue weighted by atomic mass is 9.85. The summed E-state index contributed by atoms with van der Waals surface area (Å²) in [6.45, 7) is 0.128. The zero-order valence-electron chi connectivity index (χ0n) is 13.3.